The van der Waals surface area contributed by atoms with Crippen molar-refractivity contribution in [3.05, 3.63) is 51.8 Å². The zero-order chi connectivity index (χ0) is 13.1. The van der Waals surface area contributed by atoms with E-state index >= 15 is 0 Å². The smallest absolute Gasteiger partial charge is 0.0893 e. The van der Waals surface area contributed by atoms with E-state index in [2.05, 4.69) is 10.5 Å². The Morgan fingerprint density at radius 1 is 1.39 bits per heavy atom. The molecule has 0 radical (unpaired) electrons. The fourth-order valence-corrected chi connectivity index (χ4v) is 2.35. The fraction of sp³-hybridized carbons (Fsp3) is 0.250. The van der Waals surface area contributed by atoms with E-state index in [1.807, 2.05) is 29.8 Å². The normalized spacial score (nSPS) is 12.7. The number of benzene rings is 1. The Kier molecular flexibility index (Phi) is 4.24. The number of aromatic nitrogens is 2. The van der Waals surface area contributed by atoms with E-state index in [9.17, 15) is 0 Å². The summed E-state index contributed by atoms with van der Waals surface area (Å²) in [7, 11) is 0. The highest BCUT2D eigenvalue weighted by Crippen LogP contribution is 2.32. The first kappa shape index (κ1) is 13.4. The first-order chi connectivity index (χ1) is 8.69. The molecule has 1 atom stereocenters. The third-order valence-electron chi connectivity index (χ3n) is 2.80. The molecule has 1 heterocycles. The predicted molar refractivity (Wildman–Crippen MR) is 73.5 cm³/mol. The van der Waals surface area contributed by atoms with Gasteiger partial charge in [0.05, 0.1) is 21.8 Å². The minimum atomic E-state index is -0.237. The molecule has 1 aromatic heterocycles. The zero-order valence-electron chi connectivity index (χ0n) is 9.90. The number of halogens is 2. The van der Waals surface area contributed by atoms with Gasteiger partial charge in [0.15, 0.2) is 0 Å². The Hall–Kier alpha value is -1.07. The van der Waals surface area contributed by atoms with Crippen LogP contribution >= 0.6 is 23.2 Å². The van der Waals surface area contributed by atoms with E-state index in [1.54, 1.807) is 12.3 Å². The molecule has 0 aliphatic carbocycles. The van der Waals surface area contributed by atoms with Crippen molar-refractivity contribution in [2.75, 3.05) is 0 Å². The average Bonchev–Trinajstić information content (AvgIpc) is 2.83. The Morgan fingerprint density at radius 3 is 2.83 bits per heavy atom. The van der Waals surface area contributed by atoms with Crippen molar-refractivity contribution in [2.24, 2.45) is 5.84 Å². The van der Waals surface area contributed by atoms with Crippen molar-refractivity contribution < 1.29 is 0 Å². The van der Waals surface area contributed by atoms with Crippen LogP contribution < -0.4 is 11.3 Å². The van der Waals surface area contributed by atoms with Crippen molar-refractivity contribution in [1.29, 1.82) is 0 Å². The number of nitrogens with zero attached hydrogens (tertiary/aromatic N) is 2. The molecule has 0 aliphatic heterocycles. The molecule has 6 heteroatoms. The summed E-state index contributed by atoms with van der Waals surface area (Å²) in [6.07, 6.45) is 1.74. The van der Waals surface area contributed by atoms with Crippen LogP contribution in [0.3, 0.4) is 0 Å². The van der Waals surface area contributed by atoms with Crippen molar-refractivity contribution in [3.63, 3.8) is 0 Å². The van der Waals surface area contributed by atoms with Gasteiger partial charge in [-0.2, -0.15) is 5.10 Å². The molecule has 3 N–H and O–H groups in total. The van der Waals surface area contributed by atoms with Crippen LogP contribution in [0.1, 0.15) is 24.2 Å². The Balaban J connectivity index is 2.49. The molecule has 0 aliphatic rings. The zero-order valence-corrected chi connectivity index (χ0v) is 11.4. The SMILES string of the molecule is CCn1nccc1C(NN)c1cccc(Cl)c1Cl. The Morgan fingerprint density at radius 2 is 2.17 bits per heavy atom. The second-order valence-electron chi connectivity index (χ2n) is 3.81. The highest BCUT2D eigenvalue weighted by atomic mass is 35.5. The second kappa shape index (κ2) is 5.71. The van der Waals surface area contributed by atoms with E-state index in [0.29, 0.717) is 10.0 Å². The number of nitrogens with one attached hydrogen (secondary N) is 1. The van der Waals surface area contributed by atoms with Gasteiger partial charge in [-0.05, 0) is 24.6 Å². The van der Waals surface area contributed by atoms with E-state index in [-0.39, 0.29) is 6.04 Å². The molecule has 0 amide bonds. The van der Waals surface area contributed by atoms with Gasteiger partial charge in [-0.25, -0.2) is 5.43 Å². The summed E-state index contributed by atoms with van der Waals surface area (Å²) in [5, 5.41) is 5.24. The van der Waals surface area contributed by atoms with Crippen LogP contribution in [0.15, 0.2) is 30.5 Å². The maximum atomic E-state index is 6.22. The van der Waals surface area contributed by atoms with Gasteiger partial charge in [-0.15, -0.1) is 0 Å². The molecule has 1 unspecified atom stereocenters. The maximum absolute atomic E-state index is 6.22. The van der Waals surface area contributed by atoms with Crippen LogP contribution in [0.4, 0.5) is 0 Å². The molecule has 0 spiro atoms. The number of aryl methyl sites for hydroxylation is 1. The van der Waals surface area contributed by atoms with Crippen molar-refractivity contribution in [1.82, 2.24) is 15.2 Å². The molecule has 0 fully saturated rings. The molecule has 96 valence electrons. The molecular weight excluding hydrogens is 271 g/mol. The highest BCUT2D eigenvalue weighted by molar-refractivity contribution is 6.42. The van der Waals surface area contributed by atoms with Crippen LogP contribution in [-0.4, -0.2) is 9.78 Å². The third-order valence-corrected chi connectivity index (χ3v) is 3.64. The summed E-state index contributed by atoms with van der Waals surface area (Å²) < 4.78 is 1.86. The molecule has 0 bridgehead atoms. The topological polar surface area (TPSA) is 55.9 Å². The van der Waals surface area contributed by atoms with Crippen molar-refractivity contribution in [2.45, 2.75) is 19.5 Å². The van der Waals surface area contributed by atoms with Gasteiger partial charge >= 0.3 is 0 Å². The minimum Gasteiger partial charge on any atom is -0.271 e. The van der Waals surface area contributed by atoms with Gasteiger partial charge in [0, 0.05) is 12.7 Å². The fourth-order valence-electron chi connectivity index (χ4n) is 1.93. The lowest BCUT2D eigenvalue weighted by molar-refractivity contribution is 0.543. The molecule has 4 nitrogen and oxygen atoms in total. The van der Waals surface area contributed by atoms with Crippen LogP contribution in [0.25, 0.3) is 0 Å². The van der Waals surface area contributed by atoms with Gasteiger partial charge in [0.2, 0.25) is 0 Å². The molecule has 2 rings (SSSR count). The van der Waals surface area contributed by atoms with Crippen molar-refractivity contribution >= 4 is 23.2 Å². The highest BCUT2D eigenvalue weighted by Gasteiger charge is 2.20. The van der Waals surface area contributed by atoms with E-state index in [1.165, 1.54) is 0 Å². The van der Waals surface area contributed by atoms with Crippen molar-refractivity contribution in [3.8, 4) is 0 Å². The summed E-state index contributed by atoms with van der Waals surface area (Å²) in [6.45, 7) is 2.78. The Labute approximate surface area is 116 Å². The summed E-state index contributed by atoms with van der Waals surface area (Å²) in [5.74, 6) is 5.65. The Bertz CT molecular complexity index is 539. The van der Waals surface area contributed by atoms with E-state index in [0.717, 1.165) is 17.8 Å². The number of hydrogen-bond donors (Lipinski definition) is 2. The summed E-state index contributed by atoms with van der Waals surface area (Å²) in [4.78, 5) is 0. The van der Waals surface area contributed by atoms with Crippen LogP contribution in [0.2, 0.25) is 10.0 Å². The molecule has 0 saturated carbocycles. The summed E-state index contributed by atoms with van der Waals surface area (Å²) in [6, 6.07) is 7.16. The van der Waals surface area contributed by atoms with Gasteiger partial charge in [-0.1, -0.05) is 35.3 Å². The molecule has 1 aromatic carbocycles. The van der Waals surface area contributed by atoms with Gasteiger partial charge < -0.3 is 0 Å². The first-order valence-electron chi connectivity index (χ1n) is 5.60. The van der Waals surface area contributed by atoms with Crippen LogP contribution in [-0.2, 0) is 6.54 Å². The quantitative estimate of drug-likeness (QED) is 0.671. The number of hydrogen-bond acceptors (Lipinski definition) is 3. The largest absolute Gasteiger partial charge is 0.271 e. The van der Waals surface area contributed by atoms with E-state index in [4.69, 9.17) is 29.0 Å². The second-order valence-corrected chi connectivity index (χ2v) is 4.60. The summed E-state index contributed by atoms with van der Waals surface area (Å²) >= 11 is 12.2. The minimum absolute atomic E-state index is 0.237. The number of rotatable bonds is 4. The summed E-state index contributed by atoms with van der Waals surface area (Å²) in [5.41, 5.74) is 4.54. The van der Waals surface area contributed by atoms with Crippen LogP contribution in [0.5, 0.6) is 0 Å². The monoisotopic (exact) mass is 284 g/mol. The van der Waals surface area contributed by atoms with Gasteiger partial charge in [-0.3, -0.25) is 10.5 Å². The average molecular weight is 285 g/mol. The standard InChI is InChI=1S/C12H14Cl2N4/c1-2-18-10(6-7-16-18)12(17-15)8-4-3-5-9(13)11(8)14/h3-7,12,17H,2,15H2,1H3. The molecule has 2 aromatic rings. The third kappa shape index (κ3) is 2.37. The number of nitrogens with two attached hydrogens (primary N) is 1. The van der Waals surface area contributed by atoms with Crippen LogP contribution in [0, 0.1) is 0 Å². The number of hydrazine groups is 1. The van der Waals surface area contributed by atoms with Gasteiger partial charge in [0.1, 0.15) is 0 Å². The first-order valence-corrected chi connectivity index (χ1v) is 6.36. The molecular formula is C12H14Cl2N4. The lowest BCUT2D eigenvalue weighted by Crippen LogP contribution is -2.31. The van der Waals surface area contributed by atoms with Gasteiger partial charge in [0.25, 0.3) is 0 Å². The molecule has 0 saturated heterocycles. The predicted octanol–water partition coefficient (Wildman–Crippen LogP) is 2.76. The lowest BCUT2D eigenvalue weighted by atomic mass is 10.0. The molecule has 18 heavy (non-hydrogen) atoms. The lowest BCUT2D eigenvalue weighted by Gasteiger charge is -2.19. The maximum Gasteiger partial charge on any atom is 0.0893 e. The van der Waals surface area contributed by atoms with E-state index < -0.39 is 0 Å².